The van der Waals surface area contributed by atoms with Gasteiger partial charge in [0.1, 0.15) is 11.5 Å². The summed E-state index contributed by atoms with van der Waals surface area (Å²) < 4.78 is 17.4. The van der Waals surface area contributed by atoms with Gasteiger partial charge in [0, 0.05) is 30.1 Å². The van der Waals surface area contributed by atoms with Crippen LogP contribution < -0.4 is 10.9 Å². The third kappa shape index (κ3) is 4.36. The van der Waals surface area contributed by atoms with Crippen LogP contribution in [0.3, 0.4) is 0 Å². The molecule has 1 aliphatic rings. The lowest BCUT2D eigenvalue weighted by Crippen LogP contribution is -2.38. The fourth-order valence-electron chi connectivity index (χ4n) is 4.20. The van der Waals surface area contributed by atoms with Gasteiger partial charge >= 0.3 is 0 Å². The third-order valence-corrected chi connectivity index (χ3v) is 6.56. The molecule has 168 valence electrons. The highest BCUT2D eigenvalue weighted by molar-refractivity contribution is 6.31. The van der Waals surface area contributed by atoms with Crippen molar-refractivity contribution in [1.82, 2.24) is 14.3 Å². The van der Waals surface area contributed by atoms with Crippen LogP contribution in [0, 0.1) is 18.7 Å². The summed E-state index contributed by atoms with van der Waals surface area (Å²) in [5.41, 5.74) is 1.97. The number of rotatable bonds is 5. The zero-order valence-corrected chi connectivity index (χ0v) is 18.9. The average molecular weight is 457 g/mol. The smallest absolute Gasteiger partial charge is 0.295 e. The Hall–Kier alpha value is -2.90. The van der Waals surface area contributed by atoms with E-state index in [-0.39, 0.29) is 23.2 Å². The normalized spacial score (nSPS) is 15.1. The van der Waals surface area contributed by atoms with Crippen molar-refractivity contribution in [3.63, 3.8) is 0 Å². The van der Waals surface area contributed by atoms with E-state index in [9.17, 15) is 14.0 Å². The topological polar surface area (TPSA) is 59.3 Å². The fourth-order valence-corrected chi connectivity index (χ4v) is 4.42. The predicted octanol–water partition coefficient (Wildman–Crippen LogP) is 4.13. The Morgan fingerprint density at radius 3 is 2.47 bits per heavy atom. The number of aromatic nitrogens is 2. The van der Waals surface area contributed by atoms with Gasteiger partial charge in [-0.3, -0.25) is 19.2 Å². The van der Waals surface area contributed by atoms with E-state index in [1.165, 1.54) is 6.07 Å². The minimum absolute atomic E-state index is 0.153. The first kappa shape index (κ1) is 22.3. The van der Waals surface area contributed by atoms with Crippen molar-refractivity contribution in [2.75, 3.05) is 18.4 Å². The number of benzene rings is 2. The summed E-state index contributed by atoms with van der Waals surface area (Å²) in [6, 6.07) is 14.0. The lowest BCUT2D eigenvalue weighted by Gasteiger charge is -2.31. The van der Waals surface area contributed by atoms with E-state index in [0.29, 0.717) is 54.4 Å². The number of para-hydroxylation sites is 1. The minimum atomic E-state index is -0.313. The van der Waals surface area contributed by atoms with Crippen molar-refractivity contribution in [2.24, 2.45) is 13.0 Å². The number of hydrogen-bond donors (Lipinski definition) is 1. The number of amides is 1. The van der Waals surface area contributed by atoms with Crippen LogP contribution in [0.5, 0.6) is 0 Å². The molecule has 1 aliphatic heterocycles. The van der Waals surface area contributed by atoms with Crippen LogP contribution in [0.4, 0.5) is 10.1 Å². The number of piperidine rings is 1. The number of likely N-dealkylation sites (tertiary alicyclic amines) is 1. The quantitative estimate of drug-likeness (QED) is 0.628. The molecular weight excluding hydrogens is 431 g/mol. The lowest BCUT2D eigenvalue weighted by molar-refractivity contribution is -0.121. The lowest BCUT2D eigenvalue weighted by atomic mass is 9.95. The molecule has 0 spiro atoms. The molecule has 0 radical (unpaired) electrons. The van der Waals surface area contributed by atoms with Gasteiger partial charge in [-0.2, -0.15) is 0 Å². The molecule has 32 heavy (non-hydrogen) atoms. The van der Waals surface area contributed by atoms with Gasteiger partial charge in [0.2, 0.25) is 5.91 Å². The Morgan fingerprint density at radius 2 is 1.81 bits per heavy atom. The molecule has 8 heteroatoms. The molecule has 6 nitrogen and oxygen atoms in total. The largest absolute Gasteiger partial charge is 0.320 e. The second-order valence-corrected chi connectivity index (χ2v) is 8.58. The molecule has 1 N–H and O–H groups in total. The first-order valence-corrected chi connectivity index (χ1v) is 11.0. The second-order valence-electron chi connectivity index (χ2n) is 8.18. The molecule has 0 bridgehead atoms. The van der Waals surface area contributed by atoms with E-state index in [0.717, 1.165) is 5.69 Å². The first-order chi connectivity index (χ1) is 15.4. The van der Waals surface area contributed by atoms with Crippen LogP contribution in [0.25, 0.3) is 5.69 Å². The van der Waals surface area contributed by atoms with Crippen LogP contribution in [-0.4, -0.2) is 33.3 Å². The number of carbonyl (C=O) groups is 1. The molecule has 0 atom stereocenters. The van der Waals surface area contributed by atoms with E-state index in [2.05, 4.69) is 10.2 Å². The highest BCUT2D eigenvalue weighted by Gasteiger charge is 2.28. The summed E-state index contributed by atoms with van der Waals surface area (Å²) in [7, 11) is 1.80. The number of hydrogen-bond acceptors (Lipinski definition) is 3. The van der Waals surface area contributed by atoms with Crippen molar-refractivity contribution >= 4 is 23.2 Å². The van der Waals surface area contributed by atoms with Crippen LogP contribution >= 0.6 is 11.6 Å². The summed E-state index contributed by atoms with van der Waals surface area (Å²) in [4.78, 5) is 28.1. The second kappa shape index (κ2) is 9.30. The maximum absolute atomic E-state index is 14.1. The molecule has 1 amide bonds. The Labute approximate surface area is 191 Å². The zero-order chi connectivity index (χ0) is 22.8. The monoisotopic (exact) mass is 456 g/mol. The van der Waals surface area contributed by atoms with Gasteiger partial charge in [0.15, 0.2) is 0 Å². The molecule has 2 heterocycles. The number of halogens is 2. The number of carbonyl (C=O) groups excluding carboxylic acids is 1. The van der Waals surface area contributed by atoms with Gasteiger partial charge < -0.3 is 5.32 Å². The first-order valence-electron chi connectivity index (χ1n) is 10.7. The molecular formula is C24H26ClFN4O2. The highest BCUT2D eigenvalue weighted by Crippen LogP contribution is 2.25. The number of nitrogens with zero attached hydrogens (tertiary/aromatic N) is 3. The van der Waals surface area contributed by atoms with Gasteiger partial charge in [0.25, 0.3) is 5.56 Å². The average Bonchev–Trinajstić information content (AvgIpc) is 3.00. The molecule has 1 aromatic heterocycles. The van der Waals surface area contributed by atoms with Crippen molar-refractivity contribution in [1.29, 1.82) is 0 Å². The Bertz CT molecular complexity index is 1160. The molecule has 2 aromatic carbocycles. The van der Waals surface area contributed by atoms with Crippen molar-refractivity contribution < 1.29 is 9.18 Å². The molecule has 0 unspecified atom stereocenters. The molecule has 1 saturated heterocycles. The summed E-state index contributed by atoms with van der Waals surface area (Å²) >= 11 is 6.14. The van der Waals surface area contributed by atoms with Crippen molar-refractivity contribution in [3.8, 4) is 5.69 Å². The summed E-state index contributed by atoms with van der Waals surface area (Å²) in [5, 5.41) is 3.29. The Morgan fingerprint density at radius 1 is 1.12 bits per heavy atom. The standard InChI is InChI=1S/C24H26ClFN4O2/c1-16-22(24(32)30(28(16)2)18-7-4-3-5-8-18)27-23(31)17-11-13-29(14-12-17)15-19-20(25)9-6-10-21(19)26/h3-10,17H,11-15H2,1-2H3,(H,27,31). The van der Waals surface area contributed by atoms with Crippen LogP contribution in [0.2, 0.25) is 5.02 Å². The maximum atomic E-state index is 14.1. The van der Waals surface area contributed by atoms with Gasteiger partial charge in [0.05, 0.1) is 11.4 Å². The van der Waals surface area contributed by atoms with Gasteiger partial charge in [-0.1, -0.05) is 35.9 Å². The van der Waals surface area contributed by atoms with E-state index < -0.39 is 0 Å². The van der Waals surface area contributed by atoms with Gasteiger partial charge in [-0.25, -0.2) is 9.07 Å². The van der Waals surface area contributed by atoms with E-state index in [4.69, 9.17) is 11.6 Å². The highest BCUT2D eigenvalue weighted by atomic mass is 35.5. The van der Waals surface area contributed by atoms with E-state index in [1.807, 2.05) is 37.3 Å². The van der Waals surface area contributed by atoms with Gasteiger partial charge in [-0.05, 0) is 57.1 Å². The third-order valence-electron chi connectivity index (χ3n) is 6.20. The summed E-state index contributed by atoms with van der Waals surface area (Å²) in [6.45, 7) is 3.55. The number of nitrogens with one attached hydrogen (secondary N) is 1. The summed E-state index contributed by atoms with van der Waals surface area (Å²) in [5.74, 6) is -0.669. The Balaban J connectivity index is 1.42. The van der Waals surface area contributed by atoms with Crippen molar-refractivity contribution in [2.45, 2.75) is 26.3 Å². The molecule has 1 fully saturated rings. The van der Waals surface area contributed by atoms with Crippen LogP contribution in [0.1, 0.15) is 24.1 Å². The maximum Gasteiger partial charge on any atom is 0.295 e. The minimum Gasteiger partial charge on any atom is -0.320 e. The van der Waals surface area contributed by atoms with E-state index >= 15 is 0 Å². The van der Waals surface area contributed by atoms with Crippen molar-refractivity contribution in [3.05, 3.63) is 81.0 Å². The SMILES string of the molecule is Cc1c(NC(=O)C2CCN(Cc3c(F)cccc3Cl)CC2)c(=O)n(-c2ccccc2)n1C. The van der Waals surface area contributed by atoms with Crippen LogP contribution in [-0.2, 0) is 18.4 Å². The molecule has 0 saturated carbocycles. The van der Waals surface area contributed by atoms with Gasteiger partial charge in [-0.15, -0.1) is 0 Å². The molecule has 4 rings (SSSR count). The molecule has 0 aliphatic carbocycles. The zero-order valence-electron chi connectivity index (χ0n) is 18.1. The van der Waals surface area contributed by atoms with E-state index in [1.54, 1.807) is 28.5 Å². The summed E-state index contributed by atoms with van der Waals surface area (Å²) in [6.07, 6.45) is 1.27. The predicted molar refractivity (Wildman–Crippen MR) is 124 cm³/mol. The number of anilines is 1. The fraction of sp³-hybridized carbons (Fsp3) is 0.333. The van der Waals surface area contributed by atoms with Crippen LogP contribution in [0.15, 0.2) is 53.3 Å². The Kier molecular flexibility index (Phi) is 6.48. The molecule has 3 aromatic rings.